The SMILES string of the molecule is CCOC(=O)c1c(C)[nH]c(C(=O)COC(=O)Cc2cccc3ccccc23)c1C. The van der Waals surface area contributed by atoms with Crippen LogP contribution >= 0.6 is 0 Å². The summed E-state index contributed by atoms with van der Waals surface area (Å²) in [7, 11) is 0. The van der Waals surface area contributed by atoms with Crippen molar-refractivity contribution in [2.45, 2.75) is 27.2 Å². The molecule has 1 heterocycles. The van der Waals surface area contributed by atoms with Gasteiger partial charge in [-0.25, -0.2) is 4.79 Å². The zero-order valence-corrected chi connectivity index (χ0v) is 16.7. The second-order valence-corrected chi connectivity index (χ2v) is 6.74. The Kier molecular flexibility index (Phi) is 6.12. The second-order valence-electron chi connectivity index (χ2n) is 6.74. The molecule has 0 aliphatic rings. The number of aryl methyl sites for hydroxylation is 1. The highest BCUT2D eigenvalue weighted by atomic mass is 16.5. The molecule has 3 aromatic rings. The summed E-state index contributed by atoms with van der Waals surface area (Å²) in [5, 5.41) is 2.02. The Morgan fingerprint density at radius 2 is 1.69 bits per heavy atom. The first kappa shape index (κ1) is 20.3. The molecular formula is C23H23NO5. The Balaban J connectivity index is 1.67. The molecule has 6 nitrogen and oxygen atoms in total. The fourth-order valence-corrected chi connectivity index (χ4v) is 3.41. The van der Waals surface area contributed by atoms with E-state index >= 15 is 0 Å². The molecule has 0 amide bonds. The fraction of sp³-hybridized carbons (Fsp3) is 0.261. The Bertz CT molecular complexity index is 1070. The van der Waals surface area contributed by atoms with Crippen LogP contribution in [-0.2, 0) is 20.7 Å². The molecule has 1 N–H and O–H groups in total. The molecule has 0 unspecified atom stereocenters. The number of rotatable bonds is 7. The first-order valence-corrected chi connectivity index (χ1v) is 9.44. The van der Waals surface area contributed by atoms with Crippen LogP contribution < -0.4 is 0 Å². The molecule has 0 radical (unpaired) electrons. The summed E-state index contributed by atoms with van der Waals surface area (Å²) in [5.41, 5.74) is 2.49. The van der Waals surface area contributed by atoms with Crippen LogP contribution in [0.25, 0.3) is 10.8 Å². The molecule has 0 atom stereocenters. The van der Waals surface area contributed by atoms with E-state index in [0.717, 1.165) is 16.3 Å². The van der Waals surface area contributed by atoms with Crippen molar-refractivity contribution < 1.29 is 23.9 Å². The van der Waals surface area contributed by atoms with E-state index in [1.807, 2.05) is 42.5 Å². The highest BCUT2D eigenvalue weighted by Gasteiger charge is 2.23. The van der Waals surface area contributed by atoms with Gasteiger partial charge in [0.25, 0.3) is 0 Å². The molecule has 6 heteroatoms. The van der Waals surface area contributed by atoms with E-state index in [1.165, 1.54) is 0 Å². The fourth-order valence-electron chi connectivity index (χ4n) is 3.41. The number of fused-ring (bicyclic) bond motifs is 1. The summed E-state index contributed by atoms with van der Waals surface area (Å²) in [6.45, 7) is 4.94. The predicted molar refractivity (Wildman–Crippen MR) is 109 cm³/mol. The van der Waals surface area contributed by atoms with Crippen LogP contribution in [0.1, 0.15) is 44.6 Å². The van der Waals surface area contributed by atoms with E-state index in [0.29, 0.717) is 16.8 Å². The number of hydrogen-bond acceptors (Lipinski definition) is 5. The van der Waals surface area contributed by atoms with E-state index in [-0.39, 0.29) is 18.7 Å². The van der Waals surface area contributed by atoms with Gasteiger partial charge in [0.05, 0.1) is 24.3 Å². The Morgan fingerprint density at radius 1 is 0.966 bits per heavy atom. The quantitative estimate of drug-likeness (QED) is 0.486. The van der Waals surface area contributed by atoms with Crippen LogP contribution in [0.2, 0.25) is 0 Å². The van der Waals surface area contributed by atoms with Gasteiger partial charge in [-0.1, -0.05) is 42.5 Å². The minimum absolute atomic E-state index is 0.0748. The first-order valence-electron chi connectivity index (χ1n) is 9.44. The zero-order chi connectivity index (χ0) is 21.0. The molecule has 29 heavy (non-hydrogen) atoms. The van der Waals surface area contributed by atoms with Gasteiger partial charge in [0.1, 0.15) is 0 Å². The molecule has 0 aliphatic heterocycles. The standard InChI is InChI=1S/C23H23NO5/c1-4-28-23(27)21-14(2)22(24-15(21)3)19(25)13-29-20(26)12-17-10-7-9-16-8-5-6-11-18(16)17/h5-11,24H,4,12-13H2,1-3H3. The van der Waals surface area contributed by atoms with Crippen molar-refractivity contribution in [1.29, 1.82) is 0 Å². The lowest BCUT2D eigenvalue weighted by molar-refractivity contribution is -0.141. The molecule has 1 aromatic heterocycles. The van der Waals surface area contributed by atoms with Crippen molar-refractivity contribution in [3.8, 4) is 0 Å². The molecule has 0 aliphatic carbocycles. The maximum atomic E-state index is 12.5. The Morgan fingerprint density at radius 3 is 2.45 bits per heavy atom. The largest absolute Gasteiger partial charge is 0.462 e. The number of aromatic nitrogens is 1. The van der Waals surface area contributed by atoms with Gasteiger partial charge in [0, 0.05) is 5.69 Å². The maximum absolute atomic E-state index is 12.5. The Hall–Kier alpha value is -3.41. The molecule has 2 aromatic carbocycles. The van der Waals surface area contributed by atoms with Crippen molar-refractivity contribution in [3.63, 3.8) is 0 Å². The molecule has 0 saturated heterocycles. The normalized spacial score (nSPS) is 10.7. The number of nitrogens with one attached hydrogen (secondary N) is 1. The summed E-state index contributed by atoms with van der Waals surface area (Å²) >= 11 is 0. The number of carbonyl (C=O) groups excluding carboxylic acids is 3. The maximum Gasteiger partial charge on any atom is 0.340 e. The Labute approximate surface area is 168 Å². The van der Waals surface area contributed by atoms with Crippen LogP contribution in [-0.4, -0.2) is 35.9 Å². The third-order valence-electron chi connectivity index (χ3n) is 4.77. The van der Waals surface area contributed by atoms with Crippen molar-refractivity contribution in [2.75, 3.05) is 13.2 Å². The summed E-state index contributed by atoms with van der Waals surface area (Å²) in [5.74, 6) is -1.36. The minimum Gasteiger partial charge on any atom is -0.462 e. The third kappa shape index (κ3) is 4.37. The number of benzene rings is 2. The number of H-pyrrole nitrogens is 1. The highest BCUT2D eigenvalue weighted by Crippen LogP contribution is 2.21. The summed E-state index contributed by atoms with van der Waals surface area (Å²) < 4.78 is 10.2. The summed E-state index contributed by atoms with van der Waals surface area (Å²) in [6.07, 6.45) is 0.0748. The predicted octanol–water partition coefficient (Wildman–Crippen LogP) is 3.93. The number of ether oxygens (including phenoxy) is 2. The van der Waals surface area contributed by atoms with E-state index in [1.54, 1.807) is 20.8 Å². The number of esters is 2. The van der Waals surface area contributed by atoms with Gasteiger partial charge in [0.2, 0.25) is 5.78 Å². The van der Waals surface area contributed by atoms with Crippen LogP contribution in [0.3, 0.4) is 0 Å². The minimum atomic E-state index is -0.485. The molecule has 0 fully saturated rings. The average Bonchev–Trinajstić information content (AvgIpc) is 3.01. The van der Waals surface area contributed by atoms with Crippen molar-refractivity contribution >= 4 is 28.5 Å². The molecular weight excluding hydrogens is 370 g/mol. The van der Waals surface area contributed by atoms with E-state index in [2.05, 4.69) is 4.98 Å². The van der Waals surface area contributed by atoms with Gasteiger partial charge >= 0.3 is 11.9 Å². The van der Waals surface area contributed by atoms with Gasteiger partial charge < -0.3 is 14.5 Å². The van der Waals surface area contributed by atoms with Crippen LogP contribution in [0, 0.1) is 13.8 Å². The van der Waals surface area contributed by atoms with Crippen LogP contribution in [0.4, 0.5) is 0 Å². The summed E-state index contributed by atoms with van der Waals surface area (Å²) in [6, 6.07) is 13.5. The van der Waals surface area contributed by atoms with Crippen molar-refractivity contribution in [1.82, 2.24) is 4.98 Å². The number of carbonyl (C=O) groups is 3. The van der Waals surface area contributed by atoms with Crippen LogP contribution in [0.5, 0.6) is 0 Å². The van der Waals surface area contributed by atoms with Crippen molar-refractivity contribution in [3.05, 3.63) is 70.5 Å². The van der Waals surface area contributed by atoms with E-state index in [9.17, 15) is 14.4 Å². The topological polar surface area (TPSA) is 85.5 Å². The number of Topliss-reactive ketones (excluding diaryl/α,β-unsaturated/α-hetero) is 1. The number of ketones is 1. The lowest BCUT2D eigenvalue weighted by Crippen LogP contribution is -2.17. The van der Waals surface area contributed by atoms with E-state index < -0.39 is 24.3 Å². The summed E-state index contributed by atoms with van der Waals surface area (Å²) in [4.78, 5) is 39.8. The molecule has 0 saturated carbocycles. The van der Waals surface area contributed by atoms with Crippen LogP contribution in [0.15, 0.2) is 42.5 Å². The number of aromatic amines is 1. The smallest absolute Gasteiger partial charge is 0.340 e. The van der Waals surface area contributed by atoms with Gasteiger partial charge in [-0.05, 0) is 42.7 Å². The molecule has 150 valence electrons. The van der Waals surface area contributed by atoms with Gasteiger partial charge in [0.15, 0.2) is 6.61 Å². The molecule has 0 spiro atoms. The lowest BCUT2D eigenvalue weighted by Gasteiger charge is -2.07. The van der Waals surface area contributed by atoms with Gasteiger partial charge in [-0.15, -0.1) is 0 Å². The monoisotopic (exact) mass is 393 g/mol. The highest BCUT2D eigenvalue weighted by molar-refractivity contribution is 6.02. The third-order valence-corrected chi connectivity index (χ3v) is 4.77. The van der Waals surface area contributed by atoms with E-state index in [4.69, 9.17) is 9.47 Å². The second kappa shape index (κ2) is 8.73. The molecule has 0 bridgehead atoms. The first-order chi connectivity index (χ1) is 13.9. The average molecular weight is 393 g/mol. The zero-order valence-electron chi connectivity index (χ0n) is 16.7. The lowest BCUT2D eigenvalue weighted by atomic mass is 10.0. The molecule has 3 rings (SSSR count). The van der Waals surface area contributed by atoms with Crippen molar-refractivity contribution in [2.24, 2.45) is 0 Å². The van der Waals surface area contributed by atoms with Gasteiger partial charge in [-0.2, -0.15) is 0 Å². The van der Waals surface area contributed by atoms with Gasteiger partial charge in [-0.3, -0.25) is 9.59 Å². The number of hydrogen-bond donors (Lipinski definition) is 1.